The molecule has 3 N–H and O–H groups in total. The average molecular weight is 444 g/mol. The second-order valence-electron chi connectivity index (χ2n) is 7.31. The van der Waals surface area contributed by atoms with Crippen LogP contribution in [0.25, 0.3) is 10.9 Å². The average Bonchev–Trinajstić information content (AvgIpc) is 2.82. The molecule has 0 saturated heterocycles. The molecule has 4 rings (SSSR count). The molecule has 0 unspecified atom stereocenters. The van der Waals surface area contributed by atoms with E-state index in [1.807, 2.05) is 24.3 Å². The molecule has 33 heavy (non-hydrogen) atoms. The number of carbonyl (C=O) groups is 1. The van der Waals surface area contributed by atoms with Crippen molar-refractivity contribution < 1.29 is 4.79 Å². The van der Waals surface area contributed by atoms with Gasteiger partial charge in [-0.3, -0.25) is 14.2 Å². The third kappa shape index (κ3) is 5.88. The van der Waals surface area contributed by atoms with Crippen molar-refractivity contribution >= 4 is 34.3 Å². The number of fused-ring (bicyclic) bond motifs is 1. The first-order valence-electron chi connectivity index (χ1n) is 10.6. The van der Waals surface area contributed by atoms with Crippen LogP contribution >= 0.6 is 0 Å². The molecule has 0 aliphatic heterocycles. The van der Waals surface area contributed by atoms with Gasteiger partial charge in [-0.25, -0.2) is 19.9 Å². The summed E-state index contributed by atoms with van der Waals surface area (Å²) in [5.74, 6) is 2.42. The Bertz CT molecular complexity index is 1310. The summed E-state index contributed by atoms with van der Waals surface area (Å²) < 4.78 is 1.46. The van der Waals surface area contributed by atoms with E-state index in [9.17, 15) is 9.59 Å². The highest BCUT2D eigenvalue weighted by atomic mass is 16.1. The van der Waals surface area contributed by atoms with Crippen LogP contribution in [0.15, 0.2) is 65.8 Å². The van der Waals surface area contributed by atoms with Crippen molar-refractivity contribution in [2.24, 2.45) is 0 Å². The summed E-state index contributed by atoms with van der Waals surface area (Å²) in [6.45, 7) is 2.97. The van der Waals surface area contributed by atoms with Gasteiger partial charge in [0.25, 0.3) is 5.56 Å². The van der Waals surface area contributed by atoms with Crippen LogP contribution in [0.5, 0.6) is 0 Å². The van der Waals surface area contributed by atoms with E-state index in [1.54, 1.807) is 37.4 Å². The second kappa shape index (κ2) is 10.3. The maximum Gasteiger partial charge on any atom is 0.261 e. The lowest BCUT2D eigenvalue weighted by Crippen LogP contribution is -2.31. The van der Waals surface area contributed by atoms with Crippen LogP contribution < -0.4 is 21.5 Å². The number of anilines is 3. The Balaban J connectivity index is 1.24. The lowest BCUT2D eigenvalue weighted by atomic mass is 10.2. The molecule has 168 valence electrons. The third-order valence-corrected chi connectivity index (χ3v) is 4.82. The first-order valence-corrected chi connectivity index (χ1v) is 10.6. The van der Waals surface area contributed by atoms with Crippen LogP contribution in [0.3, 0.4) is 0 Å². The van der Waals surface area contributed by atoms with Crippen molar-refractivity contribution in [1.29, 1.82) is 0 Å². The summed E-state index contributed by atoms with van der Waals surface area (Å²) in [4.78, 5) is 41.9. The van der Waals surface area contributed by atoms with Gasteiger partial charge >= 0.3 is 0 Å². The molecule has 0 spiro atoms. The lowest BCUT2D eigenvalue weighted by molar-refractivity contribution is -0.121. The van der Waals surface area contributed by atoms with Gasteiger partial charge in [-0.05, 0) is 31.2 Å². The minimum absolute atomic E-state index is 0.145. The van der Waals surface area contributed by atoms with Gasteiger partial charge in [-0.15, -0.1) is 0 Å². The quantitative estimate of drug-likeness (QED) is 0.336. The van der Waals surface area contributed by atoms with Crippen molar-refractivity contribution in [2.75, 3.05) is 23.7 Å². The van der Waals surface area contributed by atoms with E-state index in [0.717, 1.165) is 0 Å². The number of para-hydroxylation sites is 1. The number of carbonyl (C=O) groups excluding carboxylic acids is 1. The van der Waals surface area contributed by atoms with Gasteiger partial charge < -0.3 is 16.0 Å². The molecule has 0 saturated carbocycles. The van der Waals surface area contributed by atoms with E-state index >= 15 is 0 Å². The molecule has 0 radical (unpaired) electrons. The third-order valence-electron chi connectivity index (χ3n) is 4.82. The van der Waals surface area contributed by atoms with E-state index in [2.05, 4.69) is 35.9 Å². The number of amides is 1. The van der Waals surface area contributed by atoms with Crippen molar-refractivity contribution in [1.82, 2.24) is 29.8 Å². The standard InChI is InChI=1S/C23H24N8O2/c1-16-28-20(14-21(29-16)30-19-8-4-5-10-24-19)25-11-12-26-22(32)9-13-31-15-27-18-7-3-2-6-17(18)23(31)33/h2-8,10,14-15H,9,11-13H2,1H3,(H,26,32)(H2,24,25,28,29,30). The molecule has 0 atom stereocenters. The van der Waals surface area contributed by atoms with Gasteiger partial charge in [0.2, 0.25) is 5.91 Å². The molecule has 0 aliphatic carbocycles. The second-order valence-corrected chi connectivity index (χ2v) is 7.31. The molecule has 10 heteroatoms. The fourth-order valence-corrected chi connectivity index (χ4v) is 3.26. The number of pyridine rings is 1. The number of nitrogens with zero attached hydrogens (tertiary/aromatic N) is 5. The highest BCUT2D eigenvalue weighted by Crippen LogP contribution is 2.15. The SMILES string of the molecule is Cc1nc(NCCNC(=O)CCn2cnc3ccccc3c2=O)cc(Nc2ccccn2)n1. The summed E-state index contributed by atoms with van der Waals surface area (Å²) >= 11 is 0. The summed E-state index contributed by atoms with van der Waals surface area (Å²) in [7, 11) is 0. The number of benzene rings is 1. The molecule has 3 aromatic heterocycles. The number of aryl methyl sites for hydroxylation is 2. The zero-order valence-corrected chi connectivity index (χ0v) is 18.2. The first-order chi connectivity index (χ1) is 16.1. The van der Waals surface area contributed by atoms with Gasteiger partial charge in [-0.1, -0.05) is 18.2 Å². The van der Waals surface area contributed by atoms with Gasteiger partial charge in [0.05, 0.1) is 17.2 Å². The summed E-state index contributed by atoms with van der Waals surface area (Å²) in [6.07, 6.45) is 3.36. The number of nitrogens with one attached hydrogen (secondary N) is 3. The Labute approximate surface area is 190 Å². The molecule has 1 aromatic carbocycles. The molecule has 0 fully saturated rings. The Morgan fingerprint density at radius 1 is 0.970 bits per heavy atom. The fourth-order valence-electron chi connectivity index (χ4n) is 3.26. The van der Waals surface area contributed by atoms with Gasteiger partial charge in [0.1, 0.15) is 23.3 Å². The van der Waals surface area contributed by atoms with E-state index in [4.69, 9.17) is 0 Å². The van der Waals surface area contributed by atoms with Crippen LogP contribution in [-0.4, -0.2) is 43.5 Å². The zero-order valence-electron chi connectivity index (χ0n) is 18.2. The predicted molar refractivity (Wildman–Crippen MR) is 126 cm³/mol. The predicted octanol–water partition coefficient (Wildman–Crippen LogP) is 2.25. The smallest absolute Gasteiger partial charge is 0.261 e. The van der Waals surface area contributed by atoms with Crippen molar-refractivity contribution in [2.45, 2.75) is 19.9 Å². The maximum absolute atomic E-state index is 12.5. The summed E-state index contributed by atoms with van der Waals surface area (Å²) in [5.41, 5.74) is 0.497. The van der Waals surface area contributed by atoms with Crippen molar-refractivity contribution in [3.8, 4) is 0 Å². The highest BCUT2D eigenvalue weighted by Gasteiger charge is 2.07. The topological polar surface area (TPSA) is 127 Å². The molecule has 1 amide bonds. The maximum atomic E-state index is 12.5. The molecule has 4 aromatic rings. The largest absolute Gasteiger partial charge is 0.368 e. The Morgan fingerprint density at radius 2 is 1.79 bits per heavy atom. The monoisotopic (exact) mass is 444 g/mol. The van der Waals surface area contributed by atoms with Crippen LogP contribution in [0.1, 0.15) is 12.2 Å². The van der Waals surface area contributed by atoms with Crippen LogP contribution in [-0.2, 0) is 11.3 Å². The minimum Gasteiger partial charge on any atom is -0.368 e. The van der Waals surface area contributed by atoms with Crippen molar-refractivity contribution in [3.63, 3.8) is 0 Å². The van der Waals surface area contributed by atoms with E-state index in [1.165, 1.54) is 10.9 Å². The molecule has 10 nitrogen and oxygen atoms in total. The van der Waals surface area contributed by atoms with Crippen molar-refractivity contribution in [3.05, 3.63) is 77.2 Å². The molecule has 3 heterocycles. The van der Waals surface area contributed by atoms with Crippen LogP contribution in [0.2, 0.25) is 0 Å². The fraction of sp³-hybridized carbons (Fsp3) is 0.217. The molecular formula is C23H24N8O2. The van der Waals surface area contributed by atoms with Crippen LogP contribution in [0.4, 0.5) is 17.5 Å². The number of aromatic nitrogens is 5. The highest BCUT2D eigenvalue weighted by molar-refractivity contribution is 5.77. The van der Waals surface area contributed by atoms with Gasteiger partial charge in [0, 0.05) is 38.3 Å². The molecular weight excluding hydrogens is 420 g/mol. The number of hydrogen-bond acceptors (Lipinski definition) is 8. The molecule has 0 aliphatic rings. The summed E-state index contributed by atoms with van der Waals surface area (Å²) in [6, 6.07) is 14.5. The van der Waals surface area contributed by atoms with Gasteiger partial charge in [-0.2, -0.15) is 0 Å². The van der Waals surface area contributed by atoms with E-state index in [-0.39, 0.29) is 24.4 Å². The minimum atomic E-state index is -0.149. The first kappa shape index (κ1) is 21.9. The normalized spacial score (nSPS) is 10.7. The Hall–Kier alpha value is -4.34. The van der Waals surface area contributed by atoms with E-state index in [0.29, 0.717) is 47.3 Å². The van der Waals surface area contributed by atoms with Crippen LogP contribution in [0, 0.1) is 6.92 Å². The lowest BCUT2D eigenvalue weighted by Gasteiger charge is -2.11. The Morgan fingerprint density at radius 3 is 2.64 bits per heavy atom. The Kier molecular flexibility index (Phi) is 6.84. The summed E-state index contributed by atoms with van der Waals surface area (Å²) in [5, 5.41) is 9.70. The number of rotatable bonds is 9. The van der Waals surface area contributed by atoms with Gasteiger partial charge in [0.15, 0.2) is 0 Å². The number of hydrogen-bond donors (Lipinski definition) is 3. The molecule has 0 bridgehead atoms. The zero-order chi connectivity index (χ0) is 23.0. The van der Waals surface area contributed by atoms with E-state index < -0.39 is 0 Å².